The fourth-order valence-corrected chi connectivity index (χ4v) is 3.44. The van der Waals surface area contributed by atoms with E-state index in [-0.39, 0.29) is 5.41 Å². The molecule has 4 nitrogen and oxygen atoms in total. The molecular formula is C18H33N3O. The van der Waals surface area contributed by atoms with Gasteiger partial charge in [0, 0.05) is 31.7 Å². The molecule has 1 fully saturated rings. The lowest BCUT2D eigenvalue weighted by Gasteiger charge is -2.39. The van der Waals surface area contributed by atoms with Crippen LogP contribution in [0.5, 0.6) is 0 Å². The molecule has 2 rings (SSSR count). The minimum Gasteiger partial charge on any atom is -0.377 e. The summed E-state index contributed by atoms with van der Waals surface area (Å²) in [6, 6.07) is 0.499. The minimum absolute atomic E-state index is 0.182. The van der Waals surface area contributed by atoms with E-state index in [9.17, 15) is 0 Å². The summed E-state index contributed by atoms with van der Waals surface area (Å²) >= 11 is 0. The van der Waals surface area contributed by atoms with Gasteiger partial charge in [-0.15, -0.1) is 0 Å². The molecule has 0 aromatic carbocycles. The van der Waals surface area contributed by atoms with Crippen LogP contribution < -0.4 is 10.6 Å². The van der Waals surface area contributed by atoms with Gasteiger partial charge < -0.3 is 15.4 Å². The van der Waals surface area contributed by atoms with E-state index in [0.29, 0.717) is 18.1 Å². The summed E-state index contributed by atoms with van der Waals surface area (Å²) in [5.74, 6) is 1.47. The molecule has 1 saturated heterocycles. The Labute approximate surface area is 135 Å². The molecule has 0 amide bonds. The molecule has 22 heavy (non-hydrogen) atoms. The first-order valence-corrected chi connectivity index (χ1v) is 8.82. The maximum Gasteiger partial charge on any atom is 0.191 e. The second-order valence-electron chi connectivity index (χ2n) is 7.56. The molecule has 1 heterocycles. The van der Waals surface area contributed by atoms with Gasteiger partial charge in [-0.05, 0) is 38.0 Å². The van der Waals surface area contributed by atoms with Gasteiger partial charge in [0.15, 0.2) is 5.96 Å². The summed E-state index contributed by atoms with van der Waals surface area (Å²) in [7, 11) is 0. The molecule has 0 radical (unpaired) electrons. The van der Waals surface area contributed by atoms with Crippen molar-refractivity contribution in [3.8, 4) is 0 Å². The van der Waals surface area contributed by atoms with Crippen LogP contribution in [-0.4, -0.2) is 37.8 Å². The van der Waals surface area contributed by atoms with Crippen molar-refractivity contribution in [3.63, 3.8) is 0 Å². The van der Waals surface area contributed by atoms with Crippen molar-refractivity contribution in [2.24, 2.45) is 16.3 Å². The van der Waals surface area contributed by atoms with E-state index in [1.807, 2.05) is 0 Å². The Morgan fingerprint density at radius 3 is 2.64 bits per heavy atom. The second-order valence-corrected chi connectivity index (χ2v) is 7.56. The van der Waals surface area contributed by atoms with Crippen LogP contribution in [0.2, 0.25) is 0 Å². The van der Waals surface area contributed by atoms with Crippen LogP contribution in [0.1, 0.15) is 53.4 Å². The van der Waals surface area contributed by atoms with Crippen molar-refractivity contribution in [2.45, 2.75) is 65.5 Å². The largest absolute Gasteiger partial charge is 0.377 e. The van der Waals surface area contributed by atoms with E-state index < -0.39 is 0 Å². The zero-order valence-electron chi connectivity index (χ0n) is 14.7. The summed E-state index contributed by atoms with van der Waals surface area (Å²) in [5, 5.41) is 6.92. The molecule has 0 spiro atoms. The summed E-state index contributed by atoms with van der Waals surface area (Å²) in [4.78, 5) is 4.85. The average molecular weight is 307 g/mol. The van der Waals surface area contributed by atoms with Gasteiger partial charge in [0.05, 0.1) is 6.10 Å². The molecule has 0 aromatic rings. The normalized spacial score (nSPS) is 27.2. The van der Waals surface area contributed by atoms with Crippen LogP contribution in [0.15, 0.2) is 17.1 Å². The van der Waals surface area contributed by atoms with Gasteiger partial charge in [0.2, 0.25) is 0 Å². The van der Waals surface area contributed by atoms with Gasteiger partial charge in [-0.25, -0.2) is 0 Å². The summed E-state index contributed by atoms with van der Waals surface area (Å²) in [6.07, 6.45) is 9.36. The zero-order valence-corrected chi connectivity index (χ0v) is 14.7. The fourth-order valence-electron chi connectivity index (χ4n) is 3.44. The van der Waals surface area contributed by atoms with Crippen LogP contribution in [0.3, 0.4) is 0 Å². The van der Waals surface area contributed by atoms with E-state index in [1.54, 1.807) is 0 Å². The van der Waals surface area contributed by atoms with Crippen LogP contribution in [-0.2, 0) is 4.74 Å². The second kappa shape index (κ2) is 8.00. The number of nitrogens with one attached hydrogen (secondary N) is 2. The lowest BCUT2D eigenvalue weighted by molar-refractivity contribution is -0.0823. The van der Waals surface area contributed by atoms with Crippen molar-refractivity contribution < 1.29 is 4.74 Å². The lowest BCUT2D eigenvalue weighted by atomic mass is 9.78. The Morgan fingerprint density at radius 2 is 2.00 bits per heavy atom. The topological polar surface area (TPSA) is 45.7 Å². The van der Waals surface area contributed by atoms with Crippen LogP contribution in [0, 0.1) is 11.3 Å². The molecule has 1 aliphatic carbocycles. The SMILES string of the molecule is CCNC(=NCC1CCCOC1C(C)(C)C)NC1CC=CC1. The van der Waals surface area contributed by atoms with Crippen LogP contribution in [0.4, 0.5) is 0 Å². The van der Waals surface area contributed by atoms with E-state index >= 15 is 0 Å². The highest BCUT2D eigenvalue weighted by molar-refractivity contribution is 5.80. The number of nitrogens with zero attached hydrogens (tertiary/aromatic N) is 1. The minimum atomic E-state index is 0.182. The van der Waals surface area contributed by atoms with Crippen molar-refractivity contribution in [1.29, 1.82) is 0 Å². The highest BCUT2D eigenvalue weighted by Gasteiger charge is 2.35. The maximum absolute atomic E-state index is 6.06. The first-order valence-electron chi connectivity index (χ1n) is 8.82. The van der Waals surface area contributed by atoms with Gasteiger partial charge >= 0.3 is 0 Å². The quantitative estimate of drug-likeness (QED) is 0.476. The van der Waals surface area contributed by atoms with Gasteiger partial charge in [-0.2, -0.15) is 0 Å². The third-order valence-electron chi connectivity index (χ3n) is 4.48. The van der Waals surface area contributed by atoms with E-state index in [2.05, 4.69) is 50.5 Å². The van der Waals surface area contributed by atoms with Crippen molar-refractivity contribution in [1.82, 2.24) is 10.6 Å². The third-order valence-corrected chi connectivity index (χ3v) is 4.48. The summed E-state index contributed by atoms with van der Waals surface area (Å²) in [6.45, 7) is 11.6. The zero-order chi connectivity index (χ0) is 16.0. The average Bonchev–Trinajstić information content (AvgIpc) is 2.97. The highest BCUT2D eigenvalue weighted by atomic mass is 16.5. The molecule has 0 bridgehead atoms. The molecule has 4 heteroatoms. The third kappa shape index (κ3) is 5.01. The molecule has 2 atom stereocenters. The number of ether oxygens (including phenoxy) is 1. The molecule has 1 aliphatic heterocycles. The molecule has 126 valence electrons. The van der Waals surface area contributed by atoms with Crippen LogP contribution >= 0.6 is 0 Å². The Kier molecular flexibility index (Phi) is 6.30. The molecule has 0 saturated carbocycles. The first kappa shape index (κ1) is 17.3. The standard InChI is InChI=1S/C18H33N3O/c1-5-19-17(21-15-10-6-7-11-15)20-13-14-9-8-12-22-16(14)18(2,3)4/h6-7,14-16H,5,8-13H2,1-4H3,(H2,19,20,21). The summed E-state index contributed by atoms with van der Waals surface area (Å²) in [5.41, 5.74) is 0.182. The molecule has 2 N–H and O–H groups in total. The molecule has 2 aliphatic rings. The maximum atomic E-state index is 6.06. The molecule has 2 unspecified atom stereocenters. The van der Waals surface area contributed by atoms with Crippen molar-refractivity contribution in [3.05, 3.63) is 12.2 Å². The predicted octanol–water partition coefficient (Wildman–Crippen LogP) is 3.10. The molecular weight excluding hydrogens is 274 g/mol. The monoisotopic (exact) mass is 307 g/mol. The van der Waals surface area contributed by atoms with E-state index in [4.69, 9.17) is 9.73 Å². The predicted molar refractivity (Wildman–Crippen MR) is 93.2 cm³/mol. The van der Waals surface area contributed by atoms with Crippen LogP contribution in [0.25, 0.3) is 0 Å². The Morgan fingerprint density at radius 1 is 1.27 bits per heavy atom. The van der Waals surface area contributed by atoms with E-state index in [1.165, 1.54) is 6.42 Å². The van der Waals surface area contributed by atoms with E-state index in [0.717, 1.165) is 44.9 Å². The Hall–Kier alpha value is -1.03. The molecule has 0 aromatic heterocycles. The summed E-state index contributed by atoms with van der Waals surface area (Å²) < 4.78 is 6.06. The number of guanidine groups is 1. The van der Waals surface area contributed by atoms with Gasteiger partial charge in [0.25, 0.3) is 0 Å². The van der Waals surface area contributed by atoms with Crippen molar-refractivity contribution in [2.75, 3.05) is 19.7 Å². The first-order chi connectivity index (χ1) is 10.5. The highest BCUT2D eigenvalue weighted by Crippen LogP contribution is 2.34. The fraction of sp³-hybridized carbons (Fsp3) is 0.833. The number of rotatable bonds is 4. The Bertz CT molecular complexity index is 390. The number of aliphatic imine (C=N–C) groups is 1. The van der Waals surface area contributed by atoms with Gasteiger partial charge in [-0.1, -0.05) is 32.9 Å². The smallest absolute Gasteiger partial charge is 0.191 e. The Balaban J connectivity index is 1.95. The van der Waals surface area contributed by atoms with Gasteiger partial charge in [0.1, 0.15) is 0 Å². The lowest BCUT2D eigenvalue weighted by Crippen LogP contribution is -2.44. The van der Waals surface area contributed by atoms with Crippen molar-refractivity contribution >= 4 is 5.96 Å². The van der Waals surface area contributed by atoms with Gasteiger partial charge in [-0.3, -0.25) is 4.99 Å². The number of hydrogen-bond acceptors (Lipinski definition) is 2. The number of hydrogen-bond donors (Lipinski definition) is 2.